The Kier molecular flexibility index (Phi) is 5.29. The van der Waals surface area contributed by atoms with Gasteiger partial charge >= 0.3 is 0 Å². The number of aryl methyl sites for hydroxylation is 1. The van der Waals surface area contributed by atoms with Gasteiger partial charge in [0, 0.05) is 30.4 Å². The predicted molar refractivity (Wildman–Crippen MR) is 93.8 cm³/mol. The molecule has 0 spiro atoms. The van der Waals surface area contributed by atoms with Crippen molar-refractivity contribution in [2.24, 2.45) is 0 Å². The summed E-state index contributed by atoms with van der Waals surface area (Å²) in [4.78, 5) is 4.66. The Bertz CT molecular complexity index is 660. The van der Waals surface area contributed by atoms with Crippen LogP contribution in [0.25, 0.3) is 10.9 Å². The van der Waals surface area contributed by atoms with Gasteiger partial charge in [-0.1, -0.05) is 26.8 Å². The Hall–Kier alpha value is -1.45. The van der Waals surface area contributed by atoms with E-state index >= 15 is 0 Å². The number of rotatable bonds is 5. The molecule has 1 aromatic heterocycles. The topological polar surface area (TPSA) is 31.4 Å². The summed E-state index contributed by atoms with van der Waals surface area (Å²) < 4.78 is 11.6. The molecule has 1 fully saturated rings. The average Bonchev–Trinajstić information content (AvgIpc) is 2.59. The van der Waals surface area contributed by atoms with Crippen molar-refractivity contribution in [3.05, 3.63) is 41.1 Å². The lowest BCUT2D eigenvalue weighted by Gasteiger charge is -2.23. The van der Waals surface area contributed by atoms with E-state index in [1.807, 2.05) is 6.20 Å². The van der Waals surface area contributed by atoms with Crippen molar-refractivity contribution in [1.82, 2.24) is 4.98 Å². The largest absolute Gasteiger partial charge is 0.381 e. The Morgan fingerprint density at radius 1 is 1.26 bits per heavy atom. The SMILES string of the molecule is CCc1cc(COC2CCOCC2)c2nccc(C(C)C)c2c1. The van der Waals surface area contributed by atoms with Crippen LogP contribution in [0.1, 0.15) is 56.2 Å². The Labute approximate surface area is 139 Å². The first kappa shape index (κ1) is 16.4. The van der Waals surface area contributed by atoms with Crippen molar-refractivity contribution in [3.8, 4) is 0 Å². The predicted octanol–water partition coefficient (Wildman–Crippen LogP) is 4.62. The molecule has 3 nitrogen and oxygen atoms in total. The first-order valence-electron chi connectivity index (χ1n) is 8.78. The first-order chi connectivity index (χ1) is 11.2. The molecule has 0 N–H and O–H groups in total. The third kappa shape index (κ3) is 3.73. The second-order valence-electron chi connectivity index (χ2n) is 6.68. The summed E-state index contributed by atoms with van der Waals surface area (Å²) in [6.45, 7) is 8.96. The summed E-state index contributed by atoms with van der Waals surface area (Å²) in [6, 6.07) is 6.71. The molecule has 1 aliphatic rings. The van der Waals surface area contributed by atoms with Crippen LogP contribution in [0.2, 0.25) is 0 Å². The van der Waals surface area contributed by atoms with Crippen molar-refractivity contribution in [2.75, 3.05) is 13.2 Å². The standard InChI is InChI=1S/C20H27NO2/c1-4-15-11-16(13-23-17-6-9-22-10-7-17)20-19(12-15)18(14(2)3)5-8-21-20/h5,8,11-12,14,17H,4,6-7,9-10,13H2,1-3H3. The highest BCUT2D eigenvalue weighted by atomic mass is 16.5. The lowest BCUT2D eigenvalue weighted by atomic mass is 9.95. The number of hydrogen-bond donors (Lipinski definition) is 0. The zero-order valence-corrected chi connectivity index (χ0v) is 14.5. The number of hydrogen-bond acceptors (Lipinski definition) is 3. The third-order valence-corrected chi connectivity index (χ3v) is 4.69. The van der Waals surface area contributed by atoms with Gasteiger partial charge in [0.1, 0.15) is 0 Å². The minimum absolute atomic E-state index is 0.317. The molecule has 3 rings (SSSR count). The van der Waals surface area contributed by atoms with E-state index in [4.69, 9.17) is 9.47 Å². The van der Waals surface area contributed by atoms with Gasteiger partial charge in [-0.3, -0.25) is 4.98 Å². The van der Waals surface area contributed by atoms with Crippen LogP contribution >= 0.6 is 0 Å². The summed E-state index contributed by atoms with van der Waals surface area (Å²) in [5.41, 5.74) is 5.05. The smallest absolute Gasteiger partial charge is 0.0760 e. The molecule has 23 heavy (non-hydrogen) atoms. The maximum atomic E-state index is 6.16. The molecule has 0 bridgehead atoms. The summed E-state index contributed by atoms with van der Waals surface area (Å²) >= 11 is 0. The van der Waals surface area contributed by atoms with Gasteiger partial charge in [-0.2, -0.15) is 0 Å². The first-order valence-corrected chi connectivity index (χ1v) is 8.78. The molecule has 0 saturated carbocycles. The molecule has 0 radical (unpaired) electrons. The normalized spacial score (nSPS) is 16.3. The van der Waals surface area contributed by atoms with E-state index < -0.39 is 0 Å². The molecule has 0 atom stereocenters. The summed E-state index contributed by atoms with van der Waals surface area (Å²) in [5.74, 6) is 0.497. The van der Waals surface area contributed by atoms with Crippen LogP contribution in [0.5, 0.6) is 0 Å². The van der Waals surface area contributed by atoms with Crippen molar-refractivity contribution < 1.29 is 9.47 Å². The summed E-state index contributed by atoms with van der Waals surface area (Å²) in [7, 11) is 0. The average molecular weight is 313 g/mol. The number of benzene rings is 1. The van der Waals surface area contributed by atoms with Crippen LogP contribution in [0, 0.1) is 0 Å². The number of nitrogens with zero attached hydrogens (tertiary/aromatic N) is 1. The zero-order chi connectivity index (χ0) is 16.2. The minimum atomic E-state index is 0.317. The number of aromatic nitrogens is 1. The van der Waals surface area contributed by atoms with Gasteiger partial charge in [-0.25, -0.2) is 0 Å². The quantitative estimate of drug-likeness (QED) is 0.807. The fraction of sp³-hybridized carbons (Fsp3) is 0.550. The van der Waals surface area contributed by atoms with Gasteiger partial charge in [0.25, 0.3) is 0 Å². The van der Waals surface area contributed by atoms with Gasteiger partial charge in [-0.05, 0) is 48.4 Å². The maximum Gasteiger partial charge on any atom is 0.0760 e. The highest BCUT2D eigenvalue weighted by Gasteiger charge is 2.16. The monoisotopic (exact) mass is 313 g/mol. The second kappa shape index (κ2) is 7.41. The highest BCUT2D eigenvalue weighted by Crippen LogP contribution is 2.28. The fourth-order valence-electron chi connectivity index (χ4n) is 3.28. The van der Waals surface area contributed by atoms with E-state index in [1.54, 1.807) is 0 Å². The van der Waals surface area contributed by atoms with Gasteiger partial charge in [0.05, 0.1) is 18.2 Å². The van der Waals surface area contributed by atoms with Crippen LogP contribution in [-0.2, 0) is 22.5 Å². The van der Waals surface area contributed by atoms with Crippen LogP contribution in [0.15, 0.2) is 24.4 Å². The van der Waals surface area contributed by atoms with Crippen LogP contribution in [0.3, 0.4) is 0 Å². The van der Waals surface area contributed by atoms with Crippen molar-refractivity contribution in [1.29, 1.82) is 0 Å². The summed E-state index contributed by atoms with van der Waals surface area (Å²) in [5, 5.41) is 1.28. The molecular formula is C20H27NO2. The third-order valence-electron chi connectivity index (χ3n) is 4.69. The Morgan fingerprint density at radius 2 is 2.04 bits per heavy atom. The van der Waals surface area contributed by atoms with E-state index in [-0.39, 0.29) is 0 Å². The molecule has 1 aromatic carbocycles. The molecule has 124 valence electrons. The van der Waals surface area contributed by atoms with Crippen LogP contribution < -0.4 is 0 Å². The zero-order valence-electron chi connectivity index (χ0n) is 14.5. The van der Waals surface area contributed by atoms with E-state index in [1.165, 1.54) is 22.1 Å². The molecule has 1 saturated heterocycles. The van der Waals surface area contributed by atoms with Crippen molar-refractivity contribution in [2.45, 2.75) is 58.7 Å². The Balaban J connectivity index is 1.93. The van der Waals surface area contributed by atoms with E-state index in [2.05, 4.69) is 44.0 Å². The van der Waals surface area contributed by atoms with Crippen molar-refractivity contribution in [3.63, 3.8) is 0 Å². The van der Waals surface area contributed by atoms with E-state index in [0.29, 0.717) is 18.6 Å². The molecule has 0 aliphatic carbocycles. The maximum absolute atomic E-state index is 6.16. The van der Waals surface area contributed by atoms with Gasteiger partial charge in [0.15, 0.2) is 0 Å². The summed E-state index contributed by atoms with van der Waals surface area (Å²) in [6.07, 6.45) is 5.28. The molecular weight excluding hydrogens is 286 g/mol. The van der Waals surface area contributed by atoms with Crippen LogP contribution in [0.4, 0.5) is 0 Å². The highest BCUT2D eigenvalue weighted by molar-refractivity contribution is 5.86. The molecule has 1 aliphatic heterocycles. The minimum Gasteiger partial charge on any atom is -0.381 e. The molecule has 0 unspecified atom stereocenters. The fourth-order valence-corrected chi connectivity index (χ4v) is 3.28. The number of fused-ring (bicyclic) bond motifs is 1. The molecule has 0 amide bonds. The molecule has 2 heterocycles. The van der Waals surface area contributed by atoms with E-state index in [9.17, 15) is 0 Å². The van der Waals surface area contributed by atoms with Crippen molar-refractivity contribution >= 4 is 10.9 Å². The number of pyridine rings is 1. The van der Waals surface area contributed by atoms with Gasteiger partial charge in [-0.15, -0.1) is 0 Å². The van der Waals surface area contributed by atoms with Crippen LogP contribution in [-0.4, -0.2) is 24.3 Å². The lowest BCUT2D eigenvalue weighted by Crippen LogP contribution is -2.23. The molecule has 2 aromatic rings. The second-order valence-corrected chi connectivity index (χ2v) is 6.68. The lowest BCUT2D eigenvalue weighted by molar-refractivity contribution is -0.0388. The van der Waals surface area contributed by atoms with Gasteiger partial charge in [0.2, 0.25) is 0 Å². The molecule has 3 heteroatoms. The number of ether oxygens (including phenoxy) is 2. The Morgan fingerprint density at radius 3 is 2.74 bits per heavy atom. The van der Waals surface area contributed by atoms with E-state index in [0.717, 1.165) is 38.0 Å². The van der Waals surface area contributed by atoms with Gasteiger partial charge < -0.3 is 9.47 Å².